The number of aromatic hydroxyl groups is 1. The van der Waals surface area contributed by atoms with Gasteiger partial charge in [-0.15, -0.1) is 11.8 Å². The van der Waals surface area contributed by atoms with E-state index in [1.807, 2.05) is 25.3 Å². The van der Waals surface area contributed by atoms with E-state index >= 15 is 0 Å². The van der Waals surface area contributed by atoms with Crippen molar-refractivity contribution in [1.29, 1.82) is 0 Å². The van der Waals surface area contributed by atoms with Crippen LogP contribution in [-0.4, -0.2) is 36.1 Å². The van der Waals surface area contributed by atoms with E-state index in [9.17, 15) is 14.7 Å². The first kappa shape index (κ1) is 30.3. The number of allylic oxidation sites excluding steroid dienone is 1. The number of anilines is 3. The summed E-state index contributed by atoms with van der Waals surface area (Å²) < 4.78 is 12.7. The Morgan fingerprint density at radius 3 is 2.54 bits per heavy atom. The summed E-state index contributed by atoms with van der Waals surface area (Å²) in [6, 6.07) is 19.5. The van der Waals surface area contributed by atoms with E-state index in [2.05, 4.69) is 33.2 Å². The Bertz CT molecular complexity index is 1290. The van der Waals surface area contributed by atoms with E-state index < -0.39 is 18.3 Å². The molecule has 3 aromatic rings. The first-order valence-electron chi connectivity index (χ1n) is 12.3. The molecule has 0 heterocycles. The monoisotopic (exact) mass is 661 g/mol. The van der Waals surface area contributed by atoms with Crippen LogP contribution in [0.25, 0.3) is 0 Å². The smallest absolute Gasteiger partial charge is 0.412 e. The van der Waals surface area contributed by atoms with Crippen molar-refractivity contribution in [2.45, 2.75) is 36.9 Å². The number of benzene rings is 3. The van der Waals surface area contributed by atoms with Crippen LogP contribution in [0.2, 0.25) is 0 Å². The molecular weight excluding hydrogens is 629 g/mol. The molecule has 0 spiro atoms. The summed E-state index contributed by atoms with van der Waals surface area (Å²) in [6.45, 7) is 2.21. The molecule has 0 aliphatic heterocycles. The summed E-state index contributed by atoms with van der Waals surface area (Å²) in [5.41, 5.74) is 7.93. The second-order valence-corrected chi connectivity index (χ2v) is 10.6. The minimum absolute atomic E-state index is 0.00221. The number of para-hydroxylation sites is 2. The number of carbonyl (C=O) groups is 2. The molecule has 3 rings (SSSR count). The molecule has 5 N–H and O–H groups in total. The normalized spacial score (nSPS) is 12.6. The zero-order valence-electron chi connectivity index (χ0n) is 21.7. The highest BCUT2D eigenvalue weighted by Crippen LogP contribution is 2.34. The lowest BCUT2D eigenvalue weighted by atomic mass is 9.99. The fourth-order valence-corrected chi connectivity index (χ4v) is 4.73. The largest absolute Gasteiger partial charge is 0.508 e. The van der Waals surface area contributed by atoms with Gasteiger partial charge in [-0.3, -0.25) is 10.1 Å². The molecule has 39 heavy (non-hydrogen) atoms. The van der Waals surface area contributed by atoms with Gasteiger partial charge in [0.2, 0.25) is 5.91 Å². The third-order valence-corrected chi connectivity index (χ3v) is 7.11. The van der Waals surface area contributed by atoms with Crippen molar-refractivity contribution in [2.75, 3.05) is 29.2 Å². The summed E-state index contributed by atoms with van der Waals surface area (Å²) in [4.78, 5) is 26.3. The van der Waals surface area contributed by atoms with Crippen LogP contribution in [0.15, 0.2) is 83.8 Å². The molecule has 0 radical (unpaired) electrons. The highest BCUT2D eigenvalue weighted by molar-refractivity contribution is 14.1. The topological polar surface area (TPSA) is 123 Å². The third kappa shape index (κ3) is 9.48. The first-order chi connectivity index (χ1) is 18.8. The van der Waals surface area contributed by atoms with Gasteiger partial charge in [0.25, 0.3) is 0 Å². The number of nitrogens with one attached hydrogen (secondary N) is 2. The molecule has 0 aliphatic carbocycles. The van der Waals surface area contributed by atoms with Gasteiger partial charge in [-0.25, -0.2) is 4.79 Å². The van der Waals surface area contributed by atoms with Gasteiger partial charge in [0.05, 0.1) is 17.5 Å². The maximum absolute atomic E-state index is 12.9. The lowest BCUT2D eigenvalue weighted by molar-refractivity contribution is -0.111. The lowest BCUT2D eigenvalue weighted by Crippen LogP contribution is -2.29. The van der Waals surface area contributed by atoms with Gasteiger partial charge in [0.1, 0.15) is 5.75 Å². The number of halogens is 1. The number of hydrogen-bond donors (Lipinski definition) is 4. The van der Waals surface area contributed by atoms with Crippen LogP contribution in [0.3, 0.4) is 0 Å². The standard InChI is InChI=1S/C29H32IN3O5S/c1-3-37-26(10-6-7-11-27(35)33-24-9-5-4-8-23(24)31)28(22-18-19(30)12-17-25(22)34)38-29(36)32-20-13-15-21(39-2)16-14-20/h4-5,7-9,11-18,26,28,34H,3,6,10,31H2,1-2H3,(H,32,36)(H,33,35)/b11-7+/t26-,28-/m0/s1. The number of nitrogens with two attached hydrogens (primary N) is 1. The number of carbonyl (C=O) groups excluding carboxylic acids is 2. The number of amides is 2. The van der Waals surface area contributed by atoms with Gasteiger partial charge in [0.15, 0.2) is 6.10 Å². The Balaban J connectivity index is 1.73. The van der Waals surface area contributed by atoms with Crippen LogP contribution in [-0.2, 0) is 14.3 Å². The number of phenolic OH excluding ortho intramolecular Hbond substituents is 1. The molecule has 10 heteroatoms. The molecule has 0 bridgehead atoms. The predicted molar refractivity (Wildman–Crippen MR) is 165 cm³/mol. The Labute approximate surface area is 246 Å². The molecule has 0 aliphatic rings. The molecule has 0 aromatic heterocycles. The van der Waals surface area contributed by atoms with Gasteiger partial charge in [-0.05, 0) is 109 Å². The van der Waals surface area contributed by atoms with Crippen molar-refractivity contribution in [2.24, 2.45) is 0 Å². The Kier molecular flexibility index (Phi) is 12.0. The highest BCUT2D eigenvalue weighted by Gasteiger charge is 2.30. The Hall–Kier alpha value is -3.22. The average molecular weight is 662 g/mol. The molecule has 0 fully saturated rings. The summed E-state index contributed by atoms with van der Waals surface area (Å²) >= 11 is 3.74. The van der Waals surface area contributed by atoms with Crippen molar-refractivity contribution in [3.8, 4) is 5.75 Å². The molecule has 8 nitrogen and oxygen atoms in total. The summed E-state index contributed by atoms with van der Waals surface area (Å²) in [5.74, 6) is -0.312. The van der Waals surface area contributed by atoms with E-state index in [0.717, 1.165) is 8.47 Å². The quantitative estimate of drug-likeness (QED) is 0.0716. The predicted octanol–water partition coefficient (Wildman–Crippen LogP) is 6.97. The number of nitrogen functional groups attached to an aromatic ring is 1. The second-order valence-electron chi connectivity index (χ2n) is 8.43. The van der Waals surface area contributed by atoms with Gasteiger partial charge in [0, 0.05) is 26.3 Å². The number of hydrogen-bond acceptors (Lipinski definition) is 7. The van der Waals surface area contributed by atoms with E-state index in [-0.39, 0.29) is 11.7 Å². The maximum atomic E-state index is 12.9. The average Bonchev–Trinajstić information content (AvgIpc) is 2.92. The number of phenols is 1. The van der Waals surface area contributed by atoms with Crippen LogP contribution in [0.5, 0.6) is 5.75 Å². The van der Waals surface area contributed by atoms with Crippen LogP contribution in [0.1, 0.15) is 31.4 Å². The van der Waals surface area contributed by atoms with Gasteiger partial charge in [-0.1, -0.05) is 18.2 Å². The van der Waals surface area contributed by atoms with Crippen LogP contribution < -0.4 is 16.4 Å². The SMILES string of the molecule is CCO[C@@H](CC/C=C/C(=O)Nc1ccccc1N)[C@@H](OC(=O)Nc1ccc(SC)cc1)c1cc(I)ccc1O. The summed E-state index contributed by atoms with van der Waals surface area (Å²) in [5, 5.41) is 16.1. The number of ether oxygens (including phenoxy) is 2. The number of thioether (sulfide) groups is 1. The van der Waals surface area contributed by atoms with Gasteiger partial charge in [-0.2, -0.15) is 0 Å². The van der Waals surface area contributed by atoms with Gasteiger partial charge < -0.3 is 25.6 Å². The molecule has 2 atom stereocenters. The first-order valence-corrected chi connectivity index (χ1v) is 14.6. The minimum atomic E-state index is -0.892. The lowest BCUT2D eigenvalue weighted by Gasteiger charge is -2.28. The highest BCUT2D eigenvalue weighted by atomic mass is 127. The summed E-state index contributed by atoms with van der Waals surface area (Å²) in [7, 11) is 0. The fourth-order valence-electron chi connectivity index (χ4n) is 3.80. The molecule has 0 unspecified atom stereocenters. The van der Waals surface area contributed by atoms with Crippen LogP contribution in [0.4, 0.5) is 21.9 Å². The molecule has 0 saturated heterocycles. The molecular formula is C29H32IN3O5S. The van der Waals surface area contributed by atoms with Crippen molar-refractivity contribution in [3.05, 3.63) is 88.0 Å². The van der Waals surface area contributed by atoms with E-state index in [1.165, 1.54) is 6.08 Å². The third-order valence-electron chi connectivity index (χ3n) is 5.69. The number of rotatable bonds is 12. The Morgan fingerprint density at radius 2 is 1.85 bits per heavy atom. The zero-order chi connectivity index (χ0) is 28.2. The molecule has 0 saturated carbocycles. The zero-order valence-corrected chi connectivity index (χ0v) is 24.7. The van der Waals surface area contributed by atoms with Crippen LogP contribution >= 0.6 is 34.4 Å². The van der Waals surface area contributed by atoms with Crippen LogP contribution in [0, 0.1) is 3.57 Å². The van der Waals surface area contributed by atoms with Crippen molar-refractivity contribution in [3.63, 3.8) is 0 Å². The Morgan fingerprint density at radius 1 is 1.10 bits per heavy atom. The minimum Gasteiger partial charge on any atom is -0.508 e. The van der Waals surface area contributed by atoms with Gasteiger partial charge >= 0.3 is 6.09 Å². The van der Waals surface area contributed by atoms with Crippen molar-refractivity contribution < 1.29 is 24.2 Å². The summed E-state index contributed by atoms with van der Waals surface area (Å²) in [6.07, 6.45) is 3.87. The maximum Gasteiger partial charge on any atom is 0.412 e. The van der Waals surface area contributed by atoms with E-state index in [0.29, 0.717) is 42.1 Å². The van der Waals surface area contributed by atoms with E-state index in [4.69, 9.17) is 15.2 Å². The molecule has 3 aromatic carbocycles. The van der Waals surface area contributed by atoms with E-state index in [1.54, 1.807) is 72.4 Å². The van der Waals surface area contributed by atoms with Crippen molar-refractivity contribution in [1.82, 2.24) is 0 Å². The van der Waals surface area contributed by atoms with Crippen molar-refractivity contribution >= 4 is 63.4 Å². The fraction of sp³-hybridized carbons (Fsp3) is 0.241. The second kappa shape index (κ2) is 15.4. The molecule has 206 valence electrons. The molecule has 2 amide bonds.